The highest BCUT2D eigenvalue weighted by Crippen LogP contribution is 2.30. The SMILES string of the molecule is O=C(CC1COCCN1)Nc1nc2ccsc2s1. The van der Waals surface area contributed by atoms with E-state index in [1.54, 1.807) is 11.3 Å². The molecule has 0 spiro atoms. The van der Waals surface area contributed by atoms with Gasteiger partial charge in [0, 0.05) is 19.0 Å². The van der Waals surface area contributed by atoms with Crippen LogP contribution in [-0.4, -0.2) is 36.7 Å². The topological polar surface area (TPSA) is 63.2 Å². The molecule has 7 heteroatoms. The van der Waals surface area contributed by atoms with Crippen LogP contribution < -0.4 is 10.6 Å². The third kappa shape index (κ3) is 2.69. The fourth-order valence-corrected chi connectivity index (χ4v) is 3.72. The van der Waals surface area contributed by atoms with Gasteiger partial charge in [0.25, 0.3) is 0 Å². The van der Waals surface area contributed by atoms with Gasteiger partial charge in [-0.2, -0.15) is 0 Å². The van der Waals surface area contributed by atoms with Crippen molar-refractivity contribution in [1.29, 1.82) is 0 Å². The second kappa shape index (κ2) is 5.31. The molecule has 0 saturated carbocycles. The number of carbonyl (C=O) groups excluding carboxylic acids is 1. The maximum atomic E-state index is 11.8. The van der Waals surface area contributed by atoms with E-state index >= 15 is 0 Å². The zero-order valence-electron chi connectivity index (χ0n) is 9.64. The molecule has 1 amide bonds. The summed E-state index contributed by atoms with van der Waals surface area (Å²) in [5.74, 6) is -0.0144. The van der Waals surface area contributed by atoms with E-state index in [4.69, 9.17) is 4.74 Å². The number of carbonyl (C=O) groups is 1. The summed E-state index contributed by atoms with van der Waals surface area (Å²) in [5.41, 5.74) is 0.958. The van der Waals surface area contributed by atoms with Crippen LogP contribution >= 0.6 is 22.7 Å². The van der Waals surface area contributed by atoms with Gasteiger partial charge >= 0.3 is 0 Å². The first-order valence-electron chi connectivity index (χ1n) is 5.76. The lowest BCUT2D eigenvalue weighted by Gasteiger charge is -2.22. The predicted molar refractivity (Wildman–Crippen MR) is 73.4 cm³/mol. The fourth-order valence-electron chi connectivity index (χ4n) is 1.87. The summed E-state index contributed by atoms with van der Waals surface area (Å²) in [6.45, 7) is 2.13. The van der Waals surface area contributed by atoms with Gasteiger partial charge in [-0.25, -0.2) is 4.98 Å². The minimum absolute atomic E-state index is 0.0144. The zero-order chi connectivity index (χ0) is 12.4. The van der Waals surface area contributed by atoms with Crippen LogP contribution in [0.2, 0.25) is 0 Å². The van der Waals surface area contributed by atoms with E-state index in [0.717, 1.165) is 22.7 Å². The van der Waals surface area contributed by atoms with E-state index < -0.39 is 0 Å². The van der Waals surface area contributed by atoms with Gasteiger partial charge in [-0.3, -0.25) is 4.79 Å². The average Bonchev–Trinajstić information content (AvgIpc) is 2.90. The Morgan fingerprint density at radius 1 is 1.67 bits per heavy atom. The van der Waals surface area contributed by atoms with Gasteiger partial charge in [0.2, 0.25) is 5.91 Å². The number of anilines is 1. The molecule has 0 radical (unpaired) electrons. The molecule has 0 aromatic carbocycles. The number of ether oxygens (including phenoxy) is 1. The van der Waals surface area contributed by atoms with Crippen LogP contribution in [0.25, 0.3) is 9.53 Å². The molecular formula is C11H13N3O2S2. The molecule has 3 heterocycles. The number of thiazole rings is 1. The van der Waals surface area contributed by atoms with Crippen molar-refractivity contribution in [1.82, 2.24) is 10.3 Å². The minimum Gasteiger partial charge on any atom is -0.378 e. The van der Waals surface area contributed by atoms with Gasteiger partial charge in [-0.05, 0) is 11.4 Å². The fraction of sp³-hybridized carbons (Fsp3) is 0.455. The molecule has 2 aromatic rings. The van der Waals surface area contributed by atoms with Crippen molar-refractivity contribution in [3.05, 3.63) is 11.4 Å². The van der Waals surface area contributed by atoms with E-state index in [9.17, 15) is 4.79 Å². The number of aromatic nitrogens is 1. The lowest BCUT2D eigenvalue weighted by Crippen LogP contribution is -2.43. The molecule has 1 aliphatic heterocycles. The molecule has 0 aliphatic carbocycles. The van der Waals surface area contributed by atoms with Crippen LogP contribution in [0, 0.1) is 0 Å². The summed E-state index contributed by atoms with van der Waals surface area (Å²) in [7, 11) is 0. The number of amides is 1. The first-order valence-corrected chi connectivity index (χ1v) is 7.46. The van der Waals surface area contributed by atoms with E-state index in [1.807, 2.05) is 11.4 Å². The van der Waals surface area contributed by atoms with E-state index in [0.29, 0.717) is 18.2 Å². The van der Waals surface area contributed by atoms with Gasteiger partial charge in [0.15, 0.2) is 5.13 Å². The highest BCUT2D eigenvalue weighted by Gasteiger charge is 2.17. The Kier molecular flexibility index (Phi) is 3.55. The van der Waals surface area contributed by atoms with Crippen LogP contribution in [0.1, 0.15) is 6.42 Å². The van der Waals surface area contributed by atoms with E-state index in [2.05, 4.69) is 15.6 Å². The van der Waals surface area contributed by atoms with Gasteiger partial charge < -0.3 is 15.4 Å². The zero-order valence-corrected chi connectivity index (χ0v) is 11.3. The normalized spacial score (nSPS) is 20.1. The summed E-state index contributed by atoms with van der Waals surface area (Å²) in [4.78, 5) is 16.2. The Bertz CT molecular complexity index is 517. The van der Waals surface area contributed by atoms with Crippen LogP contribution in [0.4, 0.5) is 5.13 Å². The number of hydrogen-bond donors (Lipinski definition) is 2. The van der Waals surface area contributed by atoms with Gasteiger partial charge in [0.1, 0.15) is 4.01 Å². The molecular weight excluding hydrogens is 270 g/mol. The Labute approximate surface area is 112 Å². The summed E-state index contributed by atoms with van der Waals surface area (Å²) in [6, 6.07) is 2.07. The Balaban J connectivity index is 1.58. The number of nitrogens with one attached hydrogen (secondary N) is 2. The van der Waals surface area contributed by atoms with Gasteiger partial charge in [-0.1, -0.05) is 11.3 Å². The van der Waals surface area contributed by atoms with Crippen molar-refractivity contribution < 1.29 is 9.53 Å². The predicted octanol–water partition coefficient (Wildman–Crippen LogP) is 1.67. The Hall–Kier alpha value is -1.02. The highest BCUT2D eigenvalue weighted by atomic mass is 32.2. The molecule has 1 unspecified atom stereocenters. The highest BCUT2D eigenvalue weighted by molar-refractivity contribution is 7.39. The molecule has 2 N–H and O–H groups in total. The lowest BCUT2D eigenvalue weighted by molar-refractivity contribution is -0.117. The molecule has 1 saturated heterocycles. The quantitative estimate of drug-likeness (QED) is 0.899. The lowest BCUT2D eigenvalue weighted by atomic mass is 10.2. The first-order chi connectivity index (χ1) is 8.81. The first kappa shape index (κ1) is 12.0. The van der Waals surface area contributed by atoms with Crippen LogP contribution in [0.15, 0.2) is 11.4 Å². The third-order valence-corrected chi connectivity index (χ3v) is 4.71. The van der Waals surface area contributed by atoms with Crippen molar-refractivity contribution in [2.24, 2.45) is 0 Å². The molecule has 0 bridgehead atoms. The number of nitrogens with zero attached hydrogens (tertiary/aromatic N) is 1. The second-order valence-corrected chi connectivity index (χ2v) is 6.26. The average molecular weight is 283 g/mol. The summed E-state index contributed by atoms with van der Waals surface area (Å²) < 4.78 is 6.46. The van der Waals surface area contributed by atoms with Crippen molar-refractivity contribution in [3.63, 3.8) is 0 Å². The number of thiophene rings is 1. The van der Waals surface area contributed by atoms with Crippen molar-refractivity contribution in [3.8, 4) is 0 Å². The Morgan fingerprint density at radius 3 is 3.39 bits per heavy atom. The molecule has 1 fully saturated rings. The van der Waals surface area contributed by atoms with Crippen LogP contribution in [-0.2, 0) is 9.53 Å². The monoisotopic (exact) mass is 283 g/mol. The van der Waals surface area contributed by atoms with Crippen molar-refractivity contribution >= 4 is 43.2 Å². The summed E-state index contributed by atoms with van der Waals surface area (Å²) in [6.07, 6.45) is 0.424. The van der Waals surface area contributed by atoms with Crippen molar-refractivity contribution in [2.75, 3.05) is 25.1 Å². The number of fused-ring (bicyclic) bond motifs is 1. The van der Waals surface area contributed by atoms with E-state index in [1.165, 1.54) is 11.3 Å². The van der Waals surface area contributed by atoms with E-state index in [-0.39, 0.29) is 11.9 Å². The van der Waals surface area contributed by atoms with Crippen molar-refractivity contribution in [2.45, 2.75) is 12.5 Å². The standard InChI is InChI=1S/C11H13N3O2S2/c15-9(5-7-6-16-3-2-12-7)14-11-13-8-1-4-17-10(8)18-11/h1,4,7,12H,2-3,5-6H2,(H,13,14,15). The molecule has 5 nitrogen and oxygen atoms in total. The molecule has 1 atom stereocenters. The smallest absolute Gasteiger partial charge is 0.227 e. The van der Waals surface area contributed by atoms with Crippen LogP contribution in [0.5, 0.6) is 0 Å². The summed E-state index contributed by atoms with van der Waals surface area (Å²) >= 11 is 3.16. The number of rotatable bonds is 3. The molecule has 1 aliphatic rings. The van der Waals surface area contributed by atoms with Gasteiger partial charge in [0.05, 0.1) is 18.7 Å². The molecule has 3 rings (SSSR count). The summed E-state index contributed by atoms with van der Waals surface area (Å²) in [5, 5.41) is 8.78. The second-order valence-electron chi connectivity index (χ2n) is 4.09. The van der Waals surface area contributed by atoms with Crippen LogP contribution in [0.3, 0.4) is 0 Å². The maximum absolute atomic E-state index is 11.8. The third-order valence-electron chi connectivity index (χ3n) is 2.70. The molecule has 2 aromatic heterocycles. The number of hydrogen-bond acceptors (Lipinski definition) is 6. The minimum atomic E-state index is -0.0144. The number of morpholine rings is 1. The maximum Gasteiger partial charge on any atom is 0.227 e. The molecule has 18 heavy (non-hydrogen) atoms. The Morgan fingerprint density at radius 2 is 2.61 bits per heavy atom. The molecule has 96 valence electrons. The van der Waals surface area contributed by atoms with Gasteiger partial charge in [-0.15, -0.1) is 11.3 Å². The largest absolute Gasteiger partial charge is 0.378 e.